The molecule has 10 nitrogen and oxygen atoms in total. The highest BCUT2D eigenvalue weighted by Gasteiger charge is 2.29. The third kappa shape index (κ3) is 5.21. The second-order valence-electron chi connectivity index (χ2n) is 8.46. The number of hydrogen-bond acceptors (Lipinski definition) is 9. The third-order valence-electron chi connectivity index (χ3n) is 6.06. The van der Waals surface area contributed by atoms with Crippen molar-refractivity contribution in [1.29, 1.82) is 0 Å². The standard InChI is InChI=1S/C24H25N5O5S/c1-33-21-7-4-15-22(29-21)13(8-9-25-15)10-17(30)18-5-2-14(11-34-18)26-24(32)16-3-6-19-23(27-16)28-20(31)12-35-19/h3-4,6-9,14,17-18,30H,2,5,10-12H2,1H3,(H,26,32)(H,27,28,31)/t14-,17+,18+/m1/s1. The zero-order valence-electron chi connectivity index (χ0n) is 19.1. The fourth-order valence-corrected chi connectivity index (χ4v) is 4.99. The number of ether oxygens (including phenoxy) is 2. The number of anilines is 1. The summed E-state index contributed by atoms with van der Waals surface area (Å²) in [5, 5.41) is 16.5. The highest BCUT2D eigenvalue weighted by atomic mass is 32.2. The Labute approximate surface area is 205 Å². The number of fused-ring (bicyclic) bond motifs is 2. The fourth-order valence-electron chi connectivity index (χ4n) is 4.23. The van der Waals surface area contributed by atoms with Crippen LogP contribution in [0.5, 0.6) is 5.88 Å². The maximum absolute atomic E-state index is 12.7. The van der Waals surface area contributed by atoms with Crippen molar-refractivity contribution in [2.24, 2.45) is 0 Å². The first kappa shape index (κ1) is 23.5. The largest absolute Gasteiger partial charge is 0.481 e. The van der Waals surface area contributed by atoms with Gasteiger partial charge in [-0.2, -0.15) is 0 Å². The van der Waals surface area contributed by atoms with Crippen molar-refractivity contribution in [3.05, 3.63) is 47.8 Å². The van der Waals surface area contributed by atoms with Gasteiger partial charge < -0.3 is 25.2 Å². The van der Waals surface area contributed by atoms with E-state index < -0.39 is 6.10 Å². The monoisotopic (exact) mass is 495 g/mol. The average molecular weight is 496 g/mol. The lowest BCUT2D eigenvalue weighted by molar-refractivity contribution is -0.113. The minimum Gasteiger partial charge on any atom is -0.481 e. The first-order valence-corrected chi connectivity index (χ1v) is 12.3. The molecule has 2 aliphatic heterocycles. The van der Waals surface area contributed by atoms with Crippen molar-refractivity contribution < 1.29 is 24.2 Å². The van der Waals surface area contributed by atoms with Crippen molar-refractivity contribution in [3.8, 4) is 5.88 Å². The molecule has 0 bridgehead atoms. The predicted molar refractivity (Wildman–Crippen MR) is 130 cm³/mol. The van der Waals surface area contributed by atoms with E-state index in [-0.39, 0.29) is 36.3 Å². The summed E-state index contributed by atoms with van der Waals surface area (Å²) in [7, 11) is 1.56. The number of amides is 2. The van der Waals surface area contributed by atoms with Crippen LogP contribution in [-0.4, -0.2) is 69.6 Å². The van der Waals surface area contributed by atoms with Crippen LogP contribution in [0.1, 0.15) is 28.9 Å². The molecular formula is C24H25N5O5S. The van der Waals surface area contributed by atoms with Gasteiger partial charge in [-0.3, -0.25) is 14.6 Å². The van der Waals surface area contributed by atoms with Crippen LogP contribution in [0.3, 0.4) is 0 Å². The Hall–Kier alpha value is -3.28. The van der Waals surface area contributed by atoms with Crippen LogP contribution >= 0.6 is 11.8 Å². The van der Waals surface area contributed by atoms with Crippen molar-refractivity contribution in [1.82, 2.24) is 20.3 Å². The van der Waals surface area contributed by atoms with Gasteiger partial charge in [-0.15, -0.1) is 11.8 Å². The van der Waals surface area contributed by atoms with Gasteiger partial charge in [0.25, 0.3) is 5.91 Å². The Morgan fingerprint density at radius 2 is 2.17 bits per heavy atom. The van der Waals surface area contributed by atoms with Crippen molar-refractivity contribution in [3.63, 3.8) is 0 Å². The Morgan fingerprint density at radius 3 is 2.97 bits per heavy atom. The highest BCUT2D eigenvalue weighted by molar-refractivity contribution is 8.00. The van der Waals surface area contributed by atoms with Gasteiger partial charge in [-0.05, 0) is 42.7 Å². The summed E-state index contributed by atoms with van der Waals surface area (Å²) in [6.07, 6.45) is 2.23. The van der Waals surface area contributed by atoms with Gasteiger partial charge in [0.1, 0.15) is 11.5 Å². The van der Waals surface area contributed by atoms with Gasteiger partial charge >= 0.3 is 0 Å². The molecule has 0 radical (unpaired) electrons. The van der Waals surface area contributed by atoms with E-state index in [4.69, 9.17) is 9.47 Å². The first-order valence-electron chi connectivity index (χ1n) is 11.3. The van der Waals surface area contributed by atoms with Gasteiger partial charge in [-0.1, -0.05) is 0 Å². The molecule has 0 aromatic carbocycles. The van der Waals surface area contributed by atoms with Gasteiger partial charge in [0.2, 0.25) is 11.8 Å². The summed E-state index contributed by atoms with van der Waals surface area (Å²) in [6.45, 7) is 0.286. The lowest BCUT2D eigenvalue weighted by Crippen LogP contribution is -2.46. The summed E-state index contributed by atoms with van der Waals surface area (Å²) >= 11 is 1.39. The molecule has 0 spiro atoms. The number of nitrogens with zero attached hydrogens (tertiary/aromatic N) is 3. The highest BCUT2D eigenvalue weighted by Crippen LogP contribution is 2.30. The lowest BCUT2D eigenvalue weighted by atomic mass is 9.96. The van der Waals surface area contributed by atoms with Crippen LogP contribution in [0.15, 0.2) is 41.4 Å². The van der Waals surface area contributed by atoms with Crippen LogP contribution in [0.2, 0.25) is 0 Å². The van der Waals surface area contributed by atoms with Crippen molar-refractivity contribution in [2.45, 2.75) is 42.4 Å². The first-order chi connectivity index (χ1) is 17.0. The Kier molecular flexibility index (Phi) is 6.80. The number of aromatic nitrogens is 3. The minimum atomic E-state index is -0.728. The number of rotatable bonds is 6. The number of methoxy groups -OCH3 is 1. The molecule has 0 unspecified atom stereocenters. The minimum absolute atomic E-state index is 0.132. The molecule has 3 N–H and O–H groups in total. The summed E-state index contributed by atoms with van der Waals surface area (Å²) < 4.78 is 11.1. The summed E-state index contributed by atoms with van der Waals surface area (Å²) in [6, 6.07) is 8.68. The quantitative estimate of drug-likeness (QED) is 0.469. The molecule has 11 heteroatoms. The zero-order valence-corrected chi connectivity index (χ0v) is 19.9. The van der Waals surface area contributed by atoms with Gasteiger partial charge in [0, 0.05) is 18.7 Å². The van der Waals surface area contributed by atoms with E-state index in [1.54, 1.807) is 31.5 Å². The molecule has 5 heterocycles. The van der Waals surface area contributed by atoms with Crippen molar-refractivity contribution in [2.75, 3.05) is 24.8 Å². The molecule has 3 aromatic heterocycles. The van der Waals surface area contributed by atoms with Gasteiger partial charge in [0.05, 0.1) is 53.6 Å². The van der Waals surface area contributed by atoms with E-state index in [9.17, 15) is 14.7 Å². The number of nitrogens with one attached hydrogen (secondary N) is 2. The number of carbonyl (C=O) groups is 2. The van der Waals surface area contributed by atoms with Crippen LogP contribution in [0.4, 0.5) is 5.82 Å². The number of aliphatic hydroxyl groups is 1. The van der Waals surface area contributed by atoms with Crippen LogP contribution < -0.4 is 15.4 Å². The maximum Gasteiger partial charge on any atom is 0.270 e. The second-order valence-corrected chi connectivity index (χ2v) is 9.48. The summed E-state index contributed by atoms with van der Waals surface area (Å²) in [5.41, 5.74) is 2.53. The number of aliphatic hydroxyl groups excluding tert-OH is 1. The van der Waals surface area contributed by atoms with Crippen LogP contribution in [0.25, 0.3) is 11.0 Å². The number of hydrogen-bond donors (Lipinski definition) is 3. The van der Waals surface area contributed by atoms with E-state index in [0.717, 1.165) is 16.0 Å². The lowest BCUT2D eigenvalue weighted by Gasteiger charge is -2.32. The number of carbonyl (C=O) groups excluding carboxylic acids is 2. The number of pyridine rings is 3. The number of thioether (sulfide) groups is 1. The molecule has 5 rings (SSSR count). The fraction of sp³-hybridized carbons (Fsp3) is 0.375. The van der Waals surface area contributed by atoms with Gasteiger partial charge in [-0.25, -0.2) is 9.97 Å². The Morgan fingerprint density at radius 1 is 1.29 bits per heavy atom. The Balaban J connectivity index is 1.17. The molecule has 2 amide bonds. The van der Waals surface area contributed by atoms with Gasteiger partial charge in [0.15, 0.2) is 0 Å². The second kappa shape index (κ2) is 10.1. The Bertz CT molecular complexity index is 1260. The summed E-state index contributed by atoms with van der Waals surface area (Å²) in [5.74, 6) is 0.788. The molecule has 1 fully saturated rings. The van der Waals surface area contributed by atoms with Crippen LogP contribution in [0, 0.1) is 0 Å². The molecule has 35 heavy (non-hydrogen) atoms. The molecule has 3 aromatic rings. The molecule has 182 valence electrons. The zero-order chi connectivity index (χ0) is 24.4. The van der Waals surface area contributed by atoms with E-state index in [1.807, 2.05) is 12.1 Å². The average Bonchev–Trinajstić information content (AvgIpc) is 2.88. The van der Waals surface area contributed by atoms with E-state index in [0.29, 0.717) is 42.2 Å². The van der Waals surface area contributed by atoms with Crippen molar-refractivity contribution >= 4 is 40.4 Å². The molecule has 0 saturated carbocycles. The maximum atomic E-state index is 12.7. The van der Waals surface area contributed by atoms with E-state index in [2.05, 4.69) is 25.6 Å². The topological polar surface area (TPSA) is 136 Å². The van der Waals surface area contributed by atoms with E-state index in [1.165, 1.54) is 11.8 Å². The van der Waals surface area contributed by atoms with Crippen LogP contribution in [-0.2, 0) is 16.0 Å². The molecule has 1 saturated heterocycles. The molecular weight excluding hydrogens is 470 g/mol. The molecule has 0 aliphatic carbocycles. The SMILES string of the molecule is COc1ccc2nccc(C[C@H](O)[C@@H]3CC[C@@H](NC(=O)c4ccc5c(n4)NC(=O)CS5)CO3)c2n1. The predicted octanol–water partition coefficient (Wildman–Crippen LogP) is 1.96. The third-order valence-corrected chi connectivity index (χ3v) is 7.11. The normalized spacial score (nSPS) is 20.6. The van der Waals surface area contributed by atoms with E-state index >= 15 is 0 Å². The molecule has 2 aliphatic rings. The summed E-state index contributed by atoms with van der Waals surface area (Å²) in [4.78, 5) is 38.2. The smallest absolute Gasteiger partial charge is 0.270 e. The molecule has 3 atom stereocenters.